The van der Waals surface area contributed by atoms with E-state index >= 15 is 0 Å². The molecule has 2 rings (SSSR count). The van der Waals surface area contributed by atoms with Crippen LogP contribution in [0.3, 0.4) is 0 Å². The van der Waals surface area contributed by atoms with Crippen molar-refractivity contribution in [2.45, 2.75) is 19.3 Å². The number of thiazole rings is 1. The minimum atomic E-state index is 0.772. The van der Waals surface area contributed by atoms with Crippen LogP contribution in [0.1, 0.15) is 16.3 Å². The van der Waals surface area contributed by atoms with Crippen LogP contribution in [-0.2, 0) is 12.8 Å². The van der Waals surface area contributed by atoms with Gasteiger partial charge in [0.1, 0.15) is 0 Å². The van der Waals surface area contributed by atoms with Crippen molar-refractivity contribution in [1.82, 2.24) is 14.8 Å². The van der Waals surface area contributed by atoms with Gasteiger partial charge in [0, 0.05) is 50.2 Å². The van der Waals surface area contributed by atoms with Crippen LogP contribution < -0.4 is 5.73 Å². The predicted molar refractivity (Wildman–Crippen MR) is 77.1 cm³/mol. The van der Waals surface area contributed by atoms with Crippen molar-refractivity contribution < 1.29 is 0 Å². The molecule has 5 heteroatoms. The summed E-state index contributed by atoms with van der Waals surface area (Å²) in [4.78, 5) is 10.8. The normalized spacial score (nSPS) is 18.3. The predicted octanol–water partition coefficient (Wildman–Crippen LogP) is 0.824. The summed E-state index contributed by atoms with van der Waals surface area (Å²) in [6.45, 7) is 6.70. The number of nitrogens with two attached hydrogens (primary N) is 1. The van der Waals surface area contributed by atoms with E-state index in [1.165, 1.54) is 36.1 Å². The van der Waals surface area contributed by atoms with Crippen LogP contribution in [0.5, 0.6) is 0 Å². The Morgan fingerprint density at radius 3 is 2.78 bits per heavy atom. The zero-order valence-electron chi connectivity index (χ0n) is 11.3. The highest BCUT2D eigenvalue weighted by Crippen LogP contribution is 2.15. The Morgan fingerprint density at radius 1 is 1.28 bits per heavy atom. The van der Waals surface area contributed by atoms with Crippen molar-refractivity contribution in [3.05, 3.63) is 16.1 Å². The summed E-state index contributed by atoms with van der Waals surface area (Å²) in [6.07, 6.45) is 5.28. The summed E-state index contributed by atoms with van der Waals surface area (Å²) >= 11 is 1.86. The summed E-state index contributed by atoms with van der Waals surface area (Å²) < 4.78 is 0. The summed E-state index contributed by atoms with van der Waals surface area (Å²) in [5.41, 5.74) is 5.52. The molecule has 1 fully saturated rings. The van der Waals surface area contributed by atoms with Crippen LogP contribution in [0.15, 0.2) is 6.20 Å². The highest BCUT2D eigenvalue weighted by atomic mass is 32.1. The molecule has 0 saturated carbocycles. The molecule has 1 aliphatic heterocycles. The van der Waals surface area contributed by atoms with Crippen molar-refractivity contribution in [2.24, 2.45) is 5.73 Å². The van der Waals surface area contributed by atoms with Crippen molar-refractivity contribution >= 4 is 11.3 Å². The number of hydrogen-bond donors (Lipinski definition) is 1. The monoisotopic (exact) mass is 268 g/mol. The second-order valence-corrected chi connectivity index (χ2v) is 6.21. The molecule has 0 bridgehead atoms. The maximum Gasteiger partial charge on any atom is 0.0940 e. The number of piperazine rings is 1. The Hall–Kier alpha value is -0.490. The molecule has 0 atom stereocenters. The van der Waals surface area contributed by atoms with Crippen LogP contribution >= 0.6 is 11.3 Å². The number of rotatable bonds is 6. The molecule has 0 amide bonds. The third-order valence-electron chi connectivity index (χ3n) is 3.47. The minimum absolute atomic E-state index is 0.772. The highest BCUT2D eigenvalue weighted by Gasteiger charge is 2.13. The van der Waals surface area contributed by atoms with E-state index in [-0.39, 0.29) is 0 Å². The zero-order chi connectivity index (χ0) is 12.8. The molecule has 0 aromatic carbocycles. The first-order valence-electron chi connectivity index (χ1n) is 6.82. The summed E-state index contributed by atoms with van der Waals surface area (Å²) in [5, 5.41) is 1.28. The van der Waals surface area contributed by atoms with Gasteiger partial charge >= 0.3 is 0 Å². The van der Waals surface area contributed by atoms with Gasteiger partial charge in [-0.25, -0.2) is 4.98 Å². The van der Waals surface area contributed by atoms with Crippen LogP contribution in [-0.4, -0.2) is 61.1 Å². The molecule has 2 heterocycles. The third kappa shape index (κ3) is 4.31. The number of hydrogen-bond acceptors (Lipinski definition) is 5. The van der Waals surface area contributed by atoms with Gasteiger partial charge in [-0.1, -0.05) is 0 Å². The fourth-order valence-electron chi connectivity index (χ4n) is 2.18. The standard InChI is InChI=1S/C13H24N4S/c1-16-7-9-17(10-8-16)6-4-13-15-11-12(18-13)3-2-5-14/h11H,2-10,14H2,1H3. The van der Waals surface area contributed by atoms with E-state index in [2.05, 4.69) is 21.8 Å². The smallest absolute Gasteiger partial charge is 0.0940 e. The molecule has 1 saturated heterocycles. The first kappa shape index (κ1) is 13.9. The molecule has 0 unspecified atom stereocenters. The van der Waals surface area contributed by atoms with Gasteiger partial charge in [0.05, 0.1) is 5.01 Å². The number of aromatic nitrogens is 1. The van der Waals surface area contributed by atoms with Gasteiger partial charge in [-0.05, 0) is 26.4 Å². The van der Waals surface area contributed by atoms with E-state index < -0.39 is 0 Å². The Labute approximate surface area is 114 Å². The van der Waals surface area contributed by atoms with Crippen LogP contribution in [0, 0.1) is 0 Å². The summed E-state index contributed by atoms with van der Waals surface area (Å²) in [7, 11) is 2.20. The lowest BCUT2D eigenvalue weighted by Crippen LogP contribution is -2.45. The quantitative estimate of drug-likeness (QED) is 0.830. The molecule has 18 heavy (non-hydrogen) atoms. The van der Waals surface area contributed by atoms with Crippen molar-refractivity contribution in [3.8, 4) is 0 Å². The number of likely N-dealkylation sites (N-methyl/N-ethyl adjacent to an activating group) is 1. The Bertz CT molecular complexity index is 345. The minimum Gasteiger partial charge on any atom is -0.330 e. The van der Waals surface area contributed by atoms with E-state index in [0.717, 1.165) is 32.4 Å². The van der Waals surface area contributed by atoms with Gasteiger partial charge in [-0.3, -0.25) is 0 Å². The van der Waals surface area contributed by atoms with E-state index in [1.807, 2.05) is 17.5 Å². The van der Waals surface area contributed by atoms with Gasteiger partial charge in [0.25, 0.3) is 0 Å². The van der Waals surface area contributed by atoms with Gasteiger partial charge in [0.2, 0.25) is 0 Å². The second kappa shape index (κ2) is 7.19. The Morgan fingerprint density at radius 2 is 2.06 bits per heavy atom. The van der Waals surface area contributed by atoms with E-state index in [9.17, 15) is 0 Å². The topological polar surface area (TPSA) is 45.4 Å². The largest absolute Gasteiger partial charge is 0.330 e. The lowest BCUT2D eigenvalue weighted by Gasteiger charge is -2.32. The average molecular weight is 268 g/mol. The van der Waals surface area contributed by atoms with Crippen molar-refractivity contribution in [2.75, 3.05) is 46.3 Å². The molecular weight excluding hydrogens is 244 g/mol. The molecular formula is C13H24N4S. The third-order valence-corrected chi connectivity index (χ3v) is 4.58. The molecule has 1 aromatic rings. The van der Waals surface area contributed by atoms with Crippen LogP contribution in [0.25, 0.3) is 0 Å². The number of nitrogens with zero attached hydrogens (tertiary/aromatic N) is 3. The molecule has 2 N–H and O–H groups in total. The highest BCUT2D eigenvalue weighted by molar-refractivity contribution is 7.11. The first-order valence-corrected chi connectivity index (χ1v) is 7.64. The molecule has 1 aromatic heterocycles. The lowest BCUT2D eigenvalue weighted by molar-refractivity contribution is 0.155. The molecule has 0 spiro atoms. The van der Waals surface area contributed by atoms with Crippen LogP contribution in [0.2, 0.25) is 0 Å². The van der Waals surface area contributed by atoms with Gasteiger partial charge in [0.15, 0.2) is 0 Å². The van der Waals surface area contributed by atoms with Gasteiger partial charge in [-0.2, -0.15) is 0 Å². The van der Waals surface area contributed by atoms with Crippen LogP contribution in [0.4, 0.5) is 0 Å². The SMILES string of the molecule is CN1CCN(CCc2ncc(CCCN)s2)CC1. The molecule has 102 valence electrons. The fraction of sp³-hybridized carbons (Fsp3) is 0.769. The van der Waals surface area contributed by atoms with Crippen molar-refractivity contribution in [1.29, 1.82) is 0 Å². The lowest BCUT2D eigenvalue weighted by atomic mass is 10.3. The Balaban J connectivity index is 1.71. The second-order valence-electron chi connectivity index (χ2n) is 5.01. The maximum atomic E-state index is 5.52. The molecule has 4 nitrogen and oxygen atoms in total. The van der Waals surface area contributed by atoms with E-state index in [0.29, 0.717) is 0 Å². The maximum absolute atomic E-state index is 5.52. The fourth-order valence-corrected chi connectivity index (χ4v) is 3.13. The molecule has 1 aliphatic rings. The molecule has 0 radical (unpaired) electrons. The zero-order valence-corrected chi connectivity index (χ0v) is 12.1. The summed E-state index contributed by atoms with van der Waals surface area (Å²) in [5.74, 6) is 0. The molecule has 0 aliphatic carbocycles. The number of aryl methyl sites for hydroxylation is 1. The van der Waals surface area contributed by atoms with E-state index in [1.54, 1.807) is 0 Å². The van der Waals surface area contributed by atoms with Crippen molar-refractivity contribution in [3.63, 3.8) is 0 Å². The summed E-state index contributed by atoms with van der Waals surface area (Å²) in [6, 6.07) is 0. The Kier molecular flexibility index (Phi) is 5.56. The average Bonchev–Trinajstić information content (AvgIpc) is 2.84. The van der Waals surface area contributed by atoms with Gasteiger partial charge < -0.3 is 15.5 Å². The van der Waals surface area contributed by atoms with Gasteiger partial charge in [-0.15, -0.1) is 11.3 Å². The van der Waals surface area contributed by atoms with E-state index in [4.69, 9.17) is 5.73 Å². The first-order chi connectivity index (χ1) is 8.78.